The van der Waals surface area contributed by atoms with Gasteiger partial charge in [-0.05, 0) is 24.6 Å². The molecule has 33 nitrogen and oxygen atoms in total. The van der Waals surface area contributed by atoms with E-state index in [0.29, 0.717) is 11.4 Å². The lowest BCUT2D eigenvalue weighted by Crippen LogP contribution is -2.31. The van der Waals surface area contributed by atoms with Gasteiger partial charge in [0.25, 0.3) is 41.4 Å². The van der Waals surface area contributed by atoms with Gasteiger partial charge < -0.3 is 90.0 Å². The molecule has 0 aliphatic carbocycles. The van der Waals surface area contributed by atoms with Crippen LogP contribution >= 0.6 is 0 Å². The van der Waals surface area contributed by atoms with Gasteiger partial charge in [0.1, 0.15) is 17.1 Å². The van der Waals surface area contributed by atoms with E-state index < -0.39 is 59.1 Å². The molecule has 0 aliphatic heterocycles. The SMILES string of the molecule is CN(C)C(=O)CCNC(=O)c1nc(NC(=O)c2cc(NC(=O)CCNC(=O)c3nc(NC(=O)CCCNC(=O)c4cc(NC(=O)c5nc(NC(=O)CCNC(=O)c6cc(NC(=O)c7nccn7C)cn6C)cn5C)cn4C)cn3C)cn2C)cn1C. The van der Waals surface area contributed by atoms with E-state index in [1.165, 1.54) is 87.7 Å². The molecule has 7 aromatic rings. The van der Waals surface area contributed by atoms with Crippen molar-refractivity contribution in [3.63, 3.8) is 0 Å². The zero-order valence-electron chi connectivity index (χ0n) is 48.6. The number of nitrogens with one attached hydrogen (secondary N) is 10. The number of hydrogen-bond acceptors (Lipinski definition) is 15. The molecule has 7 heterocycles. The minimum absolute atomic E-state index is 0.0147. The predicted octanol–water partition coefficient (Wildman–Crippen LogP) is 0.267. The minimum atomic E-state index is -0.633. The minimum Gasteiger partial charge on any atom is -0.351 e. The molecule has 0 unspecified atom stereocenters. The maximum atomic E-state index is 13.3. The molecular formula is C53H66N22O11. The zero-order chi connectivity index (χ0) is 62.5. The summed E-state index contributed by atoms with van der Waals surface area (Å²) >= 11 is 0. The monoisotopic (exact) mass is 1190 g/mol. The Morgan fingerprint density at radius 1 is 0.384 bits per heavy atom. The van der Waals surface area contributed by atoms with E-state index in [1.54, 1.807) is 80.4 Å². The molecule has 7 rings (SSSR count). The molecule has 0 saturated heterocycles. The lowest BCUT2D eigenvalue weighted by Gasteiger charge is -2.10. The number of aromatic nitrogens is 11. The molecule has 454 valence electrons. The van der Waals surface area contributed by atoms with Crippen molar-refractivity contribution < 1.29 is 52.7 Å². The summed E-state index contributed by atoms with van der Waals surface area (Å²) in [5.74, 6) is -4.88. The van der Waals surface area contributed by atoms with Crippen LogP contribution in [0.25, 0.3) is 0 Å². The quantitative estimate of drug-likeness (QED) is 0.0325. The normalized spacial score (nSPS) is 10.8. The fraction of sp³-hybridized carbons (Fsp3) is 0.340. The van der Waals surface area contributed by atoms with Crippen LogP contribution in [0.4, 0.5) is 34.5 Å². The first-order valence-corrected chi connectivity index (χ1v) is 26.6. The number of anilines is 6. The van der Waals surface area contributed by atoms with Gasteiger partial charge in [0, 0.05) is 165 Å². The number of hydrogen-bond donors (Lipinski definition) is 10. The maximum Gasteiger partial charge on any atom is 0.291 e. The molecule has 10 N–H and O–H groups in total. The topological polar surface area (TPSA) is 397 Å². The summed E-state index contributed by atoms with van der Waals surface area (Å²) in [4.78, 5) is 159. The fourth-order valence-electron chi connectivity index (χ4n) is 8.44. The van der Waals surface area contributed by atoms with E-state index in [-0.39, 0.29) is 128 Å². The highest BCUT2D eigenvalue weighted by Crippen LogP contribution is 2.19. The van der Waals surface area contributed by atoms with E-state index in [4.69, 9.17) is 0 Å². The Labute approximate surface area is 490 Å². The predicted molar refractivity (Wildman–Crippen MR) is 310 cm³/mol. The standard InChI is InChI=1S/C53H66N22O11/c1-68(2)42(79)14-18-58-51(84)45-66-38(29-74(45)8)67-49(82)35-21-30(24-72(35)6)59-40(77)12-17-57-50(83)44-64-36(27-73(44)7)62-39(76)11-10-15-55-47(80)33-23-32(26-70(33)4)61-53(86)46-65-37(28-75(46)9)63-41(78)13-16-56-48(81)34-22-31(25-71(34)5)60-52(85)43-54-19-20-69(43)3/h19-29H,10-18H2,1-9H3,(H,55,80)(H,56,81)(H,57,83)(H,58,84)(H,59,77)(H,60,85)(H,61,86)(H,62,76)(H,63,78)(H,67,82). The average Bonchev–Trinajstić information content (AvgIpc) is 2.84. The van der Waals surface area contributed by atoms with Crippen LogP contribution in [0.3, 0.4) is 0 Å². The zero-order valence-corrected chi connectivity index (χ0v) is 48.6. The maximum absolute atomic E-state index is 13.3. The third-order valence-electron chi connectivity index (χ3n) is 12.8. The first kappa shape index (κ1) is 62.5. The van der Waals surface area contributed by atoms with Gasteiger partial charge in [-0.15, -0.1) is 0 Å². The van der Waals surface area contributed by atoms with Crippen molar-refractivity contribution >= 4 is 99.5 Å². The lowest BCUT2D eigenvalue weighted by atomic mass is 10.3. The van der Waals surface area contributed by atoms with Crippen LogP contribution in [0.5, 0.6) is 0 Å². The first-order valence-electron chi connectivity index (χ1n) is 26.6. The molecule has 0 fully saturated rings. The Kier molecular flexibility index (Phi) is 20.1. The molecule has 33 heteroatoms. The van der Waals surface area contributed by atoms with Gasteiger partial charge in [0.2, 0.25) is 41.1 Å². The Hall–Kier alpha value is -11.2. The van der Waals surface area contributed by atoms with Crippen molar-refractivity contribution in [1.82, 2.24) is 78.1 Å². The third-order valence-corrected chi connectivity index (χ3v) is 12.8. The van der Waals surface area contributed by atoms with Crippen LogP contribution in [-0.4, -0.2) is 162 Å². The Morgan fingerprint density at radius 3 is 1.23 bits per heavy atom. The van der Waals surface area contributed by atoms with Crippen molar-refractivity contribution in [2.24, 2.45) is 49.3 Å². The van der Waals surface area contributed by atoms with Gasteiger partial charge in [0.05, 0.1) is 17.1 Å². The highest BCUT2D eigenvalue weighted by Gasteiger charge is 2.23. The summed E-state index contributed by atoms with van der Waals surface area (Å²) in [6, 6.07) is 4.39. The van der Waals surface area contributed by atoms with Crippen LogP contribution in [0.1, 0.15) is 106 Å². The second kappa shape index (κ2) is 27.7. The van der Waals surface area contributed by atoms with E-state index in [2.05, 4.69) is 73.1 Å². The molecule has 7 aromatic heterocycles. The van der Waals surface area contributed by atoms with Gasteiger partial charge in [-0.3, -0.25) is 52.7 Å². The van der Waals surface area contributed by atoms with Crippen molar-refractivity contribution in [3.8, 4) is 0 Å². The lowest BCUT2D eigenvalue weighted by molar-refractivity contribution is -0.128. The van der Waals surface area contributed by atoms with Crippen LogP contribution < -0.4 is 53.2 Å². The van der Waals surface area contributed by atoms with Gasteiger partial charge >= 0.3 is 0 Å². The number of carbonyl (C=O) groups excluding carboxylic acids is 11. The number of carbonyl (C=O) groups is 11. The summed E-state index contributed by atoms with van der Waals surface area (Å²) in [6.07, 6.45) is 12.1. The smallest absolute Gasteiger partial charge is 0.291 e. The molecule has 86 heavy (non-hydrogen) atoms. The number of aryl methyl sites for hydroxylation is 7. The number of imidazole rings is 4. The number of rotatable bonds is 26. The van der Waals surface area contributed by atoms with Crippen LogP contribution in [0, 0.1) is 0 Å². The summed E-state index contributed by atoms with van der Waals surface area (Å²) < 4.78 is 10.3. The molecule has 0 aliphatic rings. The molecule has 11 amide bonds. The summed E-state index contributed by atoms with van der Waals surface area (Å²) in [6.45, 7) is 0.109. The molecule has 0 atom stereocenters. The summed E-state index contributed by atoms with van der Waals surface area (Å²) in [7, 11) is 14.4. The van der Waals surface area contributed by atoms with Crippen LogP contribution in [0.15, 0.2) is 67.8 Å². The van der Waals surface area contributed by atoms with E-state index >= 15 is 0 Å². The van der Waals surface area contributed by atoms with Gasteiger partial charge in [0.15, 0.2) is 23.3 Å². The highest BCUT2D eigenvalue weighted by molar-refractivity contribution is 6.06. The Balaban J connectivity index is 0.772. The van der Waals surface area contributed by atoms with Gasteiger partial charge in [-0.2, -0.15) is 0 Å². The Bertz CT molecular complexity index is 3750. The van der Waals surface area contributed by atoms with Gasteiger partial charge in [-0.25, -0.2) is 19.9 Å². The van der Waals surface area contributed by atoms with E-state index in [1.807, 2.05) is 0 Å². The molecule has 0 aromatic carbocycles. The third kappa shape index (κ3) is 16.3. The summed E-state index contributed by atoms with van der Waals surface area (Å²) in [5, 5.41) is 26.6. The molecule has 0 spiro atoms. The number of nitrogens with zero attached hydrogens (tertiary/aromatic N) is 12. The average molecular weight is 1190 g/mol. The highest BCUT2D eigenvalue weighted by atomic mass is 16.2. The van der Waals surface area contributed by atoms with Crippen molar-refractivity contribution in [1.29, 1.82) is 0 Å². The first-order chi connectivity index (χ1) is 40.8. The van der Waals surface area contributed by atoms with Crippen molar-refractivity contribution in [2.75, 3.05) is 72.2 Å². The fourth-order valence-corrected chi connectivity index (χ4v) is 8.44. The largest absolute Gasteiger partial charge is 0.351 e. The van der Waals surface area contributed by atoms with E-state index in [9.17, 15) is 52.7 Å². The van der Waals surface area contributed by atoms with Crippen LogP contribution in [0.2, 0.25) is 0 Å². The van der Waals surface area contributed by atoms with Crippen LogP contribution in [-0.2, 0) is 68.5 Å². The Morgan fingerprint density at radius 2 is 0.767 bits per heavy atom. The second-order valence-corrected chi connectivity index (χ2v) is 19.9. The van der Waals surface area contributed by atoms with Crippen molar-refractivity contribution in [2.45, 2.75) is 32.1 Å². The number of amides is 11. The second-order valence-electron chi connectivity index (χ2n) is 19.9. The molecule has 0 saturated carbocycles. The summed E-state index contributed by atoms with van der Waals surface area (Å²) in [5.41, 5.74) is 1.58. The van der Waals surface area contributed by atoms with Crippen molar-refractivity contribution in [3.05, 3.63) is 108 Å². The van der Waals surface area contributed by atoms with E-state index in [0.717, 1.165) is 0 Å². The molecule has 0 bridgehead atoms. The molecule has 0 radical (unpaired) electrons. The molecular weight excluding hydrogens is 1120 g/mol. The van der Waals surface area contributed by atoms with Gasteiger partial charge in [-0.1, -0.05) is 0 Å².